The van der Waals surface area contributed by atoms with Crippen molar-refractivity contribution in [1.82, 2.24) is 4.90 Å². The van der Waals surface area contributed by atoms with Gasteiger partial charge in [-0.3, -0.25) is 14.5 Å². The molecule has 0 spiro atoms. The summed E-state index contributed by atoms with van der Waals surface area (Å²) in [6.45, 7) is -0.269. The van der Waals surface area contributed by atoms with Crippen LogP contribution in [0.4, 0.5) is 10.1 Å². The molecule has 26 heavy (non-hydrogen) atoms. The summed E-state index contributed by atoms with van der Waals surface area (Å²) < 4.78 is 14.0. The molecular weight excluding hydrogens is 375 g/mol. The summed E-state index contributed by atoms with van der Waals surface area (Å²) in [5.41, 5.74) is 0.680. The Kier molecular flexibility index (Phi) is 5.34. The third-order valence-corrected chi connectivity index (χ3v) is 4.87. The quantitative estimate of drug-likeness (QED) is 0.621. The fourth-order valence-electron chi connectivity index (χ4n) is 2.30. The average Bonchev–Trinajstić information content (AvgIpc) is 2.84. The number of halogens is 1. The van der Waals surface area contributed by atoms with Gasteiger partial charge in [-0.1, -0.05) is 48.2 Å². The number of thiocarbonyl (C=S) groups is 1. The molecule has 0 aliphatic carbocycles. The molecule has 2 amide bonds. The molecular formula is C18H13FN2O3S2. The van der Waals surface area contributed by atoms with E-state index in [4.69, 9.17) is 12.2 Å². The van der Waals surface area contributed by atoms with Crippen LogP contribution in [0.3, 0.4) is 0 Å². The van der Waals surface area contributed by atoms with E-state index in [0.29, 0.717) is 5.69 Å². The van der Waals surface area contributed by atoms with Crippen LogP contribution in [-0.2, 0) is 9.59 Å². The van der Waals surface area contributed by atoms with Crippen LogP contribution in [-0.4, -0.2) is 32.7 Å². The van der Waals surface area contributed by atoms with Crippen molar-refractivity contribution < 1.29 is 19.1 Å². The van der Waals surface area contributed by atoms with E-state index in [1.807, 2.05) is 0 Å². The van der Waals surface area contributed by atoms with E-state index in [1.165, 1.54) is 24.3 Å². The number of aromatic hydroxyl groups is 1. The highest BCUT2D eigenvalue weighted by molar-refractivity contribution is 8.26. The van der Waals surface area contributed by atoms with Crippen LogP contribution < -0.4 is 5.32 Å². The highest BCUT2D eigenvalue weighted by atomic mass is 32.2. The minimum atomic E-state index is -0.459. The molecule has 2 aromatic rings. The summed E-state index contributed by atoms with van der Waals surface area (Å²) >= 11 is 6.18. The van der Waals surface area contributed by atoms with Gasteiger partial charge in [-0.15, -0.1) is 0 Å². The van der Waals surface area contributed by atoms with Crippen molar-refractivity contribution >= 4 is 51.9 Å². The molecule has 2 N–H and O–H groups in total. The number of amides is 2. The molecule has 1 saturated heterocycles. The van der Waals surface area contributed by atoms with Crippen molar-refractivity contribution in [2.24, 2.45) is 0 Å². The number of hydrogen-bond donors (Lipinski definition) is 2. The highest BCUT2D eigenvalue weighted by Crippen LogP contribution is 2.32. The van der Waals surface area contributed by atoms with E-state index in [1.54, 1.807) is 30.3 Å². The molecule has 0 radical (unpaired) electrons. The van der Waals surface area contributed by atoms with Crippen LogP contribution in [0, 0.1) is 5.82 Å². The monoisotopic (exact) mass is 388 g/mol. The Labute approximate surface area is 158 Å². The molecule has 0 saturated carbocycles. The Morgan fingerprint density at radius 1 is 1.27 bits per heavy atom. The zero-order valence-corrected chi connectivity index (χ0v) is 14.9. The number of nitrogens with one attached hydrogen (secondary N) is 1. The zero-order valence-electron chi connectivity index (χ0n) is 13.3. The fraction of sp³-hybridized carbons (Fsp3) is 0.0556. The number of rotatable bonds is 4. The molecule has 0 bridgehead atoms. The van der Waals surface area contributed by atoms with Gasteiger partial charge in [0.15, 0.2) is 0 Å². The van der Waals surface area contributed by atoms with Crippen LogP contribution in [0.1, 0.15) is 5.56 Å². The normalized spacial score (nSPS) is 15.6. The first-order valence-corrected chi connectivity index (χ1v) is 8.75. The molecule has 0 unspecified atom stereocenters. The third-order valence-electron chi connectivity index (χ3n) is 3.50. The SMILES string of the molecule is O=C(CN1C(=O)/C(=C/c2ccccc2F)SC1=S)Nc1cccc(O)c1. The molecule has 1 aliphatic rings. The second-order valence-electron chi connectivity index (χ2n) is 5.39. The number of carbonyl (C=O) groups excluding carboxylic acids is 2. The summed E-state index contributed by atoms with van der Waals surface area (Å²) in [5, 5.41) is 12.0. The van der Waals surface area contributed by atoms with E-state index in [2.05, 4.69) is 5.32 Å². The van der Waals surface area contributed by atoms with Gasteiger partial charge in [0.1, 0.15) is 22.4 Å². The van der Waals surface area contributed by atoms with Crippen molar-refractivity contribution in [3.63, 3.8) is 0 Å². The lowest BCUT2D eigenvalue weighted by atomic mass is 10.2. The number of phenolic OH excluding ortho intramolecular Hbond substituents is 1. The Hall–Kier alpha value is -2.71. The predicted molar refractivity (Wildman–Crippen MR) is 103 cm³/mol. The Balaban J connectivity index is 1.71. The van der Waals surface area contributed by atoms with Crippen molar-refractivity contribution in [3.8, 4) is 5.75 Å². The lowest BCUT2D eigenvalue weighted by molar-refractivity contribution is -0.126. The van der Waals surface area contributed by atoms with Crippen molar-refractivity contribution in [2.75, 3.05) is 11.9 Å². The topological polar surface area (TPSA) is 69.6 Å². The lowest BCUT2D eigenvalue weighted by Crippen LogP contribution is -2.36. The first-order chi connectivity index (χ1) is 12.4. The Bertz CT molecular complexity index is 930. The summed E-state index contributed by atoms with van der Waals surface area (Å²) in [6, 6.07) is 12.1. The van der Waals surface area contributed by atoms with Gasteiger partial charge in [-0.2, -0.15) is 0 Å². The highest BCUT2D eigenvalue weighted by Gasteiger charge is 2.33. The summed E-state index contributed by atoms with van der Waals surface area (Å²) in [4.78, 5) is 26.0. The lowest BCUT2D eigenvalue weighted by Gasteiger charge is -2.14. The molecule has 1 aliphatic heterocycles. The van der Waals surface area contributed by atoms with Gasteiger partial charge in [-0.25, -0.2) is 4.39 Å². The first kappa shape index (κ1) is 18.1. The van der Waals surface area contributed by atoms with Gasteiger partial charge >= 0.3 is 0 Å². The van der Waals surface area contributed by atoms with Gasteiger partial charge in [0.05, 0.1) is 4.91 Å². The summed E-state index contributed by atoms with van der Waals surface area (Å²) in [7, 11) is 0. The van der Waals surface area contributed by atoms with Gasteiger partial charge in [-0.05, 0) is 24.3 Å². The standard InChI is InChI=1S/C18H13FN2O3S2/c19-14-7-2-1-4-11(14)8-15-17(24)21(18(25)26-15)10-16(23)20-12-5-3-6-13(22)9-12/h1-9,22H,10H2,(H,20,23)/b15-8-. The van der Waals surface area contributed by atoms with Crippen LogP contribution in [0.25, 0.3) is 6.08 Å². The van der Waals surface area contributed by atoms with Crippen molar-refractivity contribution in [3.05, 3.63) is 64.8 Å². The molecule has 8 heteroatoms. The fourth-order valence-corrected chi connectivity index (χ4v) is 3.54. The van der Waals surface area contributed by atoms with E-state index in [0.717, 1.165) is 16.7 Å². The van der Waals surface area contributed by atoms with Crippen LogP contribution in [0.15, 0.2) is 53.4 Å². The van der Waals surface area contributed by atoms with Crippen LogP contribution >= 0.6 is 24.0 Å². The average molecular weight is 388 g/mol. The molecule has 1 heterocycles. The van der Waals surface area contributed by atoms with Crippen molar-refractivity contribution in [2.45, 2.75) is 0 Å². The van der Waals surface area contributed by atoms with Crippen LogP contribution in [0.5, 0.6) is 5.75 Å². The number of anilines is 1. The molecule has 2 aromatic carbocycles. The van der Waals surface area contributed by atoms with Crippen molar-refractivity contribution in [1.29, 1.82) is 0 Å². The summed E-state index contributed by atoms with van der Waals surface area (Å²) in [5.74, 6) is -1.34. The molecule has 5 nitrogen and oxygen atoms in total. The van der Waals surface area contributed by atoms with Gasteiger partial charge < -0.3 is 10.4 Å². The molecule has 0 atom stereocenters. The van der Waals surface area contributed by atoms with Crippen LogP contribution in [0.2, 0.25) is 0 Å². The number of phenols is 1. The number of carbonyl (C=O) groups is 2. The van der Waals surface area contributed by atoms with E-state index in [-0.39, 0.29) is 27.1 Å². The van der Waals surface area contributed by atoms with Gasteiger partial charge in [0.25, 0.3) is 5.91 Å². The zero-order chi connectivity index (χ0) is 18.7. The molecule has 1 fully saturated rings. The number of hydrogen-bond acceptors (Lipinski definition) is 5. The maximum atomic E-state index is 13.8. The third kappa shape index (κ3) is 4.09. The maximum Gasteiger partial charge on any atom is 0.266 e. The first-order valence-electron chi connectivity index (χ1n) is 7.53. The summed E-state index contributed by atoms with van der Waals surface area (Å²) in [6.07, 6.45) is 1.42. The molecule has 132 valence electrons. The maximum absolute atomic E-state index is 13.8. The Morgan fingerprint density at radius 2 is 2.04 bits per heavy atom. The molecule has 3 rings (SSSR count). The number of nitrogens with zero attached hydrogens (tertiary/aromatic N) is 1. The van der Waals surface area contributed by atoms with E-state index < -0.39 is 17.6 Å². The van der Waals surface area contributed by atoms with Gasteiger partial charge in [0, 0.05) is 17.3 Å². The number of thioether (sulfide) groups is 1. The Morgan fingerprint density at radius 3 is 2.77 bits per heavy atom. The van der Waals surface area contributed by atoms with E-state index >= 15 is 0 Å². The second-order valence-corrected chi connectivity index (χ2v) is 7.06. The molecule has 0 aromatic heterocycles. The van der Waals surface area contributed by atoms with Gasteiger partial charge in [0.2, 0.25) is 5.91 Å². The minimum absolute atomic E-state index is 0.0150. The smallest absolute Gasteiger partial charge is 0.266 e. The number of benzene rings is 2. The predicted octanol–water partition coefficient (Wildman–Crippen LogP) is 3.37. The second kappa shape index (κ2) is 7.67. The minimum Gasteiger partial charge on any atom is -0.508 e. The largest absolute Gasteiger partial charge is 0.508 e. The van der Waals surface area contributed by atoms with E-state index in [9.17, 15) is 19.1 Å².